The van der Waals surface area contributed by atoms with Crippen LogP contribution in [-0.4, -0.2) is 14.8 Å². The molecule has 43 heavy (non-hydrogen) atoms. The summed E-state index contributed by atoms with van der Waals surface area (Å²) in [5.41, 5.74) is 12.6. The molecule has 5 aromatic carbocycles. The van der Waals surface area contributed by atoms with E-state index in [9.17, 15) is 0 Å². The lowest BCUT2D eigenvalue weighted by Gasteiger charge is -2.34. The number of fused-ring (bicyclic) bond motifs is 6. The van der Waals surface area contributed by atoms with E-state index in [1.807, 2.05) is 6.20 Å². The molecule has 0 amide bonds. The first kappa shape index (κ1) is 24.2. The number of aryl methyl sites for hydroxylation is 1. The molecule has 9 rings (SSSR count). The third-order valence-corrected chi connectivity index (χ3v) is 9.65. The summed E-state index contributed by atoms with van der Waals surface area (Å²) in [7, 11) is 2.09. The van der Waals surface area contributed by atoms with Gasteiger partial charge in [-0.2, -0.15) is 5.10 Å². The molecule has 0 unspecified atom stereocenters. The predicted octanol–water partition coefficient (Wildman–Crippen LogP) is 7.22. The van der Waals surface area contributed by atoms with Gasteiger partial charge in [-0.25, -0.2) is 9.13 Å². The quantitative estimate of drug-likeness (QED) is 0.230. The van der Waals surface area contributed by atoms with Crippen molar-refractivity contribution in [3.63, 3.8) is 0 Å². The normalized spacial score (nSPS) is 15.0. The first-order valence-corrected chi connectivity index (χ1v) is 14.8. The Morgan fingerprint density at radius 3 is 1.67 bits per heavy atom. The van der Waals surface area contributed by atoms with E-state index in [2.05, 4.69) is 172 Å². The van der Waals surface area contributed by atoms with Crippen LogP contribution in [-0.2, 0) is 18.0 Å². The van der Waals surface area contributed by atoms with Crippen molar-refractivity contribution < 1.29 is 4.57 Å². The minimum atomic E-state index is -0.544. The third kappa shape index (κ3) is 3.00. The summed E-state index contributed by atoms with van der Waals surface area (Å²) in [6.07, 6.45) is 8.41. The highest BCUT2D eigenvalue weighted by Crippen LogP contribution is 2.57. The largest absolute Gasteiger partial charge is 0.281 e. The van der Waals surface area contributed by atoms with Gasteiger partial charge in [-0.05, 0) is 51.1 Å². The van der Waals surface area contributed by atoms with Gasteiger partial charge in [0.1, 0.15) is 12.4 Å². The molecule has 0 atom stereocenters. The molecule has 0 saturated carbocycles. The first-order chi connectivity index (χ1) is 21.2. The highest BCUT2D eigenvalue weighted by molar-refractivity contribution is 5.87. The van der Waals surface area contributed by atoms with E-state index in [1.165, 1.54) is 55.6 Å². The molecular formula is C39H29N4+. The molecule has 2 aliphatic rings. The van der Waals surface area contributed by atoms with Crippen LogP contribution in [0.2, 0.25) is 0 Å². The molecule has 0 saturated heterocycles. The lowest BCUT2D eigenvalue weighted by atomic mass is 9.68. The number of nitrogens with one attached hydrogen (secondary N) is 1. The van der Waals surface area contributed by atoms with E-state index in [0.717, 1.165) is 5.69 Å². The van der Waals surface area contributed by atoms with Gasteiger partial charge in [0.2, 0.25) is 6.33 Å². The highest BCUT2D eigenvalue weighted by Gasteiger charge is 2.52. The maximum absolute atomic E-state index is 4.47. The Morgan fingerprint density at radius 1 is 0.605 bits per heavy atom. The van der Waals surface area contributed by atoms with Crippen molar-refractivity contribution in [1.82, 2.24) is 14.8 Å². The maximum atomic E-state index is 4.47. The monoisotopic (exact) mass is 553 g/mol. The Kier molecular flexibility index (Phi) is 4.92. The van der Waals surface area contributed by atoms with Gasteiger partial charge in [-0.15, -0.1) is 0 Å². The molecular weight excluding hydrogens is 524 g/mol. The molecule has 4 nitrogen and oxygen atoms in total. The second-order valence-electron chi connectivity index (χ2n) is 11.7. The fourth-order valence-corrected chi connectivity index (χ4v) is 8.03. The van der Waals surface area contributed by atoms with Crippen molar-refractivity contribution >= 4 is 0 Å². The Morgan fingerprint density at radius 2 is 1.14 bits per heavy atom. The van der Waals surface area contributed by atoms with E-state index in [-0.39, 0.29) is 0 Å². The number of aromatic nitrogens is 4. The van der Waals surface area contributed by atoms with Crippen molar-refractivity contribution in [1.29, 1.82) is 0 Å². The van der Waals surface area contributed by atoms with Crippen LogP contribution >= 0.6 is 0 Å². The van der Waals surface area contributed by atoms with E-state index < -0.39 is 11.0 Å². The van der Waals surface area contributed by atoms with Gasteiger partial charge in [0, 0.05) is 22.9 Å². The van der Waals surface area contributed by atoms with Gasteiger partial charge in [-0.3, -0.25) is 5.10 Å². The molecule has 2 heterocycles. The second-order valence-corrected chi connectivity index (χ2v) is 11.7. The molecule has 4 heteroatoms. The van der Waals surface area contributed by atoms with Crippen molar-refractivity contribution in [2.24, 2.45) is 7.05 Å². The summed E-state index contributed by atoms with van der Waals surface area (Å²) in [5.74, 6) is 0. The second kappa shape index (κ2) is 8.76. The van der Waals surface area contributed by atoms with Gasteiger partial charge < -0.3 is 0 Å². The zero-order chi connectivity index (χ0) is 28.6. The highest BCUT2D eigenvalue weighted by atomic mass is 15.2. The number of benzene rings is 5. The molecule has 204 valence electrons. The van der Waals surface area contributed by atoms with Gasteiger partial charge >= 0.3 is 0 Å². The number of hydrogen-bond acceptors (Lipinski definition) is 1. The van der Waals surface area contributed by atoms with Crippen molar-refractivity contribution in [2.45, 2.75) is 11.0 Å². The lowest BCUT2D eigenvalue weighted by molar-refractivity contribution is -0.671. The van der Waals surface area contributed by atoms with Crippen molar-refractivity contribution in [3.05, 3.63) is 191 Å². The van der Waals surface area contributed by atoms with Gasteiger partial charge in [0.15, 0.2) is 5.54 Å². The van der Waals surface area contributed by atoms with Crippen molar-refractivity contribution in [2.75, 3.05) is 0 Å². The number of hydrogen-bond donors (Lipinski definition) is 1. The molecule has 0 spiro atoms. The molecule has 7 aromatic rings. The molecule has 1 N–H and O–H groups in total. The third-order valence-electron chi connectivity index (χ3n) is 9.65. The van der Waals surface area contributed by atoms with Crippen LogP contribution in [0, 0.1) is 0 Å². The Balaban J connectivity index is 1.40. The van der Waals surface area contributed by atoms with Crippen LogP contribution in [0.3, 0.4) is 0 Å². The fourth-order valence-electron chi connectivity index (χ4n) is 8.03. The Hall–Kier alpha value is -5.48. The van der Waals surface area contributed by atoms with E-state index >= 15 is 0 Å². The Bertz CT molecular complexity index is 2080. The fraction of sp³-hybridized carbons (Fsp3) is 0.0769. The molecule has 0 fully saturated rings. The standard InChI is InChI=1S/C39H29N4/c1-42-23-24-43(26-42)39(35-19-8-4-15-31(35)32-16-5-9-20-36(32)39)28-12-10-11-27(25-28)38(37-21-22-40-41-37)33-17-6-2-13-29(33)30-14-3-7-18-34(30)38/h2-26H,1H3,(H,40,41)/q+1. The van der Waals surface area contributed by atoms with Crippen LogP contribution in [0.4, 0.5) is 0 Å². The van der Waals surface area contributed by atoms with Gasteiger partial charge in [0.25, 0.3) is 0 Å². The number of imidazole rings is 1. The Labute approximate surface area is 250 Å². The molecule has 0 aliphatic heterocycles. The van der Waals surface area contributed by atoms with E-state index in [0.29, 0.717) is 0 Å². The van der Waals surface area contributed by atoms with E-state index in [4.69, 9.17) is 0 Å². The van der Waals surface area contributed by atoms with Crippen LogP contribution in [0.15, 0.2) is 152 Å². The van der Waals surface area contributed by atoms with Gasteiger partial charge in [-0.1, -0.05) is 115 Å². The van der Waals surface area contributed by atoms with Crippen molar-refractivity contribution in [3.8, 4) is 22.3 Å². The van der Waals surface area contributed by atoms with Crippen LogP contribution < -0.4 is 4.57 Å². The molecule has 0 radical (unpaired) electrons. The number of rotatable bonds is 4. The summed E-state index contributed by atoms with van der Waals surface area (Å²) < 4.78 is 4.51. The molecule has 0 bridgehead atoms. The average molecular weight is 554 g/mol. The van der Waals surface area contributed by atoms with Crippen LogP contribution in [0.25, 0.3) is 22.3 Å². The number of nitrogens with zero attached hydrogens (tertiary/aromatic N) is 3. The summed E-state index contributed by atoms with van der Waals surface area (Å²) in [6, 6.07) is 46.8. The number of H-pyrrole nitrogens is 1. The first-order valence-electron chi connectivity index (χ1n) is 14.8. The van der Waals surface area contributed by atoms with Crippen LogP contribution in [0.1, 0.15) is 39.1 Å². The minimum absolute atomic E-state index is 0.542. The smallest absolute Gasteiger partial charge is 0.244 e. The lowest BCUT2D eigenvalue weighted by Crippen LogP contribution is -2.37. The van der Waals surface area contributed by atoms with Gasteiger partial charge in [0.05, 0.1) is 18.2 Å². The molecule has 2 aromatic heterocycles. The van der Waals surface area contributed by atoms with Crippen LogP contribution in [0.5, 0.6) is 0 Å². The summed E-state index contributed by atoms with van der Waals surface area (Å²) in [5, 5.41) is 7.88. The number of aromatic amines is 1. The topological polar surface area (TPSA) is 37.5 Å². The SMILES string of the molecule is C[n+]1ccn(C2(c3cccc(C4(c5ccn[nH]5)c5ccccc5-c5ccccc54)c3)c3ccccc3-c3ccccc32)c1. The maximum Gasteiger partial charge on any atom is 0.244 e. The zero-order valence-electron chi connectivity index (χ0n) is 23.8. The van der Waals surface area contributed by atoms with E-state index in [1.54, 1.807) is 0 Å². The summed E-state index contributed by atoms with van der Waals surface area (Å²) in [6.45, 7) is 0. The summed E-state index contributed by atoms with van der Waals surface area (Å²) >= 11 is 0. The minimum Gasteiger partial charge on any atom is -0.281 e. The zero-order valence-corrected chi connectivity index (χ0v) is 23.8. The molecule has 2 aliphatic carbocycles. The average Bonchev–Trinajstić information content (AvgIpc) is 3.85. The predicted molar refractivity (Wildman–Crippen MR) is 169 cm³/mol. The summed E-state index contributed by atoms with van der Waals surface area (Å²) in [4.78, 5) is 0.